The summed E-state index contributed by atoms with van der Waals surface area (Å²) in [5.41, 5.74) is 7.90. The molecule has 0 aliphatic carbocycles. The van der Waals surface area contributed by atoms with Gasteiger partial charge in [0.25, 0.3) is 0 Å². The van der Waals surface area contributed by atoms with Crippen molar-refractivity contribution in [3.63, 3.8) is 0 Å². The minimum absolute atomic E-state index is 0.847. The fraction of sp³-hybridized carbons (Fsp3) is 0.308. The molecule has 0 atom stereocenters. The van der Waals surface area contributed by atoms with Crippen LogP contribution in [-0.4, -0.2) is 15.3 Å². The van der Waals surface area contributed by atoms with Crippen LogP contribution in [-0.2, 0) is 13.5 Å². The summed E-state index contributed by atoms with van der Waals surface area (Å²) >= 11 is 1.80. The van der Waals surface area contributed by atoms with Gasteiger partial charge in [-0.05, 0) is 30.5 Å². The van der Waals surface area contributed by atoms with E-state index in [1.807, 2.05) is 42.2 Å². The summed E-state index contributed by atoms with van der Waals surface area (Å²) in [7, 11) is 2.02. The van der Waals surface area contributed by atoms with Gasteiger partial charge in [-0.2, -0.15) is 0 Å². The number of imidazole rings is 1. The van der Waals surface area contributed by atoms with Gasteiger partial charge < -0.3 is 10.3 Å². The van der Waals surface area contributed by atoms with Crippen molar-refractivity contribution in [3.8, 4) is 0 Å². The SMILES string of the molecule is Cn1ccnc1SCCCc1cccc(N)c1. The second kappa shape index (κ2) is 5.77. The number of thioether (sulfide) groups is 1. The number of benzene rings is 1. The Bertz CT molecular complexity index is 479. The van der Waals surface area contributed by atoms with Crippen LogP contribution in [0.15, 0.2) is 41.8 Å². The van der Waals surface area contributed by atoms with Crippen LogP contribution in [0.3, 0.4) is 0 Å². The van der Waals surface area contributed by atoms with Crippen LogP contribution in [0.5, 0.6) is 0 Å². The zero-order valence-electron chi connectivity index (χ0n) is 9.97. The third kappa shape index (κ3) is 3.53. The van der Waals surface area contributed by atoms with Gasteiger partial charge in [-0.15, -0.1) is 0 Å². The molecule has 1 heterocycles. The van der Waals surface area contributed by atoms with Gasteiger partial charge in [-0.3, -0.25) is 0 Å². The fourth-order valence-corrected chi connectivity index (χ4v) is 2.55. The molecule has 0 aliphatic heterocycles. The van der Waals surface area contributed by atoms with E-state index < -0.39 is 0 Å². The number of nitrogens with zero attached hydrogens (tertiary/aromatic N) is 2. The van der Waals surface area contributed by atoms with Crippen LogP contribution < -0.4 is 5.73 Å². The average Bonchev–Trinajstić information content (AvgIpc) is 2.71. The predicted molar refractivity (Wildman–Crippen MR) is 73.1 cm³/mol. The molecule has 0 fully saturated rings. The number of nitrogens with two attached hydrogens (primary N) is 1. The first-order chi connectivity index (χ1) is 8.25. The van der Waals surface area contributed by atoms with Crippen LogP contribution in [0.1, 0.15) is 12.0 Å². The van der Waals surface area contributed by atoms with Gasteiger partial charge in [0.05, 0.1) is 0 Å². The molecular weight excluding hydrogens is 230 g/mol. The Balaban J connectivity index is 1.75. The molecule has 2 rings (SSSR count). The molecule has 0 bridgehead atoms. The highest BCUT2D eigenvalue weighted by molar-refractivity contribution is 7.99. The summed E-state index contributed by atoms with van der Waals surface area (Å²) in [5.74, 6) is 1.08. The number of hydrogen-bond acceptors (Lipinski definition) is 3. The molecule has 1 aromatic heterocycles. The molecular formula is C13H17N3S. The standard InChI is InChI=1S/C13H17N3S/c1-16-8-7-15-13(16)17-9-3-5-11-4-2-6-12(14)10-11/h2,4,6-8,10H,3,5,9,14H2,1H3. The maximum absolute atomic E-state index is 5.74. The van der Waals surface area contributed by atoms with Crippen molar-refractivity contribution >= 4 is 17.4 Å². The largest absolute Gasteiger partial charge is 0.399 e. The third-order valence-corrected chi connectivity index (χ3v) is 3.71. The lowest BCUT2D eigenvalue weighted by molar-refractivity contribution is 0.788. The number of aromatic nitrogens is 2. The predicted octanol–water partition coefficient (Wildman–Crippen LogP) is 2.73. The second-order valence-electron chi connectivity index (χ2n) is 4.02. The van der Waals surface area contributed by atoms with Gasteiger partial charge in [0.1, 0.15) is 0 Å². The molecule has 0 amide bonds. The molecule has 3 nitrogen and oxygen atoms in total. The van der Waals surface area contributed by atoms with E-state index in [1.54, 1.807) is 11.8 Å². The van der Waals surface area contributed by atoms with Gasteiger partial charge in [0, 0.05) is 30.9 Å². The lowest BCUT2D eigenvalue weighted by atomic mass is 10.1. The van der Waals surface area contributed by atoms with Crippen LogP contribution >= 0.6 is 11.8 Å². The molecule has 2 N–H and O–H groups in total. The summed E-state index contributed by atoms with van der Waals surface area (Å²) in [4.78, 5) is 4.28. The minimum Gasteiger partial charge on any atom is -0.399 e. The van der Waals surface area contributed by atoms with E-state index in [2.05, 4.69) is 11.1 Å². The van der Waals surface area contributed by atoms with E-state index >= 15 is 0 Å². The Hall–Kier alpha value is -1.42. The quantitative estimate of drug-likeness (QED) is 0.502. The van der Waals surface area contributed by atoms with Crippen molar-refractivity contribution in [3.05, 3.63) is 42.2 Å². The summed E-state index contributed by atoms with van der Waals surface area (Å²) in [6, 6.07) is 8.11. The number of hydrogen-bond donors (Lipinski definition) is 1. The first-order valence-corrected chi connectivity index (χ1v) is 6.69. The van der Waals surface area contributed by atoms with E-state index in [-0.39, 0.29) is 0 Å². The van der Waals surface area contributed by atoms with Crippen molar-refractivity contribution in [2.75, 3.05) is 11.5 Å². The van der Waals surface area contributed by atoms with Crippen LogP contribution in [0, 0.1) is 0 Å². The van der Waals surface area contributed by atoms with Crippen molar-refractivity contribution in [1.29, 1.82) is 0 Å². The average molecular weight is 247 g/mol. The Morgan fingerprint density at radius 2 is 2.29 bits per heavy atom. The highest BCUT2D eigenvalue weighted by atomic mass is 32.2. The molecule has 1 aromatic carbocycles. The first kappa shape index (κ1) is 12.0. The second-order valence-corrected chi connectivity index (χ2v) is 5.08. The van der Waals surface area contributed by atoms with Gasteiger partial charge in [0.2, 0.25) is 0 Å². The Kier molecular flexibility index (Phi) is 4.09. The molecule has 0 aliphatic rings. The molecule has 90 valence electrons. The number of rotatable bonds is 5. The van der Waals surface area contributed by atoms with Gasteiger partial charge in [0.15, 0.2) is 5.16 Å². The number of nitrogen functional groups attached to an aromatic ring is 1. The number of aryl methyl sites for hydroxylation is 2. The highest BCUT2D eigenvalue weighted by Crippen LogP contribution is 2.17. The monoisotopic (exact) mass is 247 g/mol. The minimum atomic E-state index is 0.847. The summed E-state index contributed by atoms with van der Waals surface area (Å²) < 4.78 is 2.05. The zero-order valence-corrected chi connectivity index (χ0v) is 10.8. The normalized spacial score (nSPS) is 10.6. The van der Waals surface area contributed by atoms with Gasteiger partial charge in [-0.25, -0.2) is 4.98 Å². The maximum atomic E-state index is 5.74. The molecule has 17 heavy (non-hydrogen) atoms. The molecule has 0 saturated heterocycles. The molecule has 0 saturated carbocycles. The smallest absolute Gasteiger partial charge is 0.167 e. The Morgan fingerprint density at radius 1 is 1.41 bits per heavy atom. The molecule has 0 unspecified atom stereocenters. The van der Waals surface area contributed by atoms with E-state index in [0.29, 0.717) is 0 Å². The van der Waals surface area contributed by atoms with Crippen molar-refractivity contribution in [2.24, 2.45) is 7.05 Å². The summed E-state index contributed by atoms with van der Waals surface area (Å²) in [6.45, 7) is 0. The lowest BCUT2D eigenvalue weighted by Crippen LogP contribution is -1.93. The molecule has 0 radical (unpaired) electrons. The Morgan fingerprint density at radius 3 is 3.00 bits per heavy atom. The van der Waals surface area contributed by atoms with E-state index in [0.717, 1.165) is 29.4 Å². The van der Waals surface area contributed by atoms with Crippen molar-refractivity contribution < 1.29 is 0 Å². The molecule has 2 aromatic rings. The fourth-order valence-electron chi connectivity index (χ4n) is 1.68. The summed E-state index contributed by atoms with van der Waals surface area (Å²) in [5, 5.41) is 1.08. The van der Waals surface area contributed by atoms with Crippen molar-refractivity contribution in [2.45, 2.75) is 18.0 Å². The Labute approximate surface area is 106 Å². The van der Waals surface area contributed by atoms with Crippen LogP contribution in [0.4, 0.5) is 5.69 Å². The summed E-state index contributed by atoms with van der Waals surface area (Å²) in [6.07, 6.45) is 6.02. The van der Waals surface area contributed by atoms with Crippen LogP contribution in [0.25, 0.3) is 0 Å². The first-order valence-electron chi connectivity index (χ1n) is 5.70. The van der Waals surface area contributed by atoms with Gasteiger partial charge in [-0.1, -0.05) is 23.9 Å². The number of anilines is 1. The molecule has 4 heteroatoms. The lowest BCUT2D eigenvalue weighted by Gasteiger charge is -2.03. The zero-order chi connectivity index (χ0) is 12.1. The maximum Gasteiger partial charge on any atom is 0.167 e. The highest BCUT2D eigenvalue weighted by Gasteiger charge is 2.00. The van der Waals surface area contributed by atoms with Crippen molar-refractivity contribution in [1.82, 2.24) is 9.55 Å². The van der Waals surface area contributed by atoms with Gasteiger partial charge >= 0.3 is 0 Å². The van der Waals surface area contributed by atoms with E-state index in [9.17, 15) is 0 Å². The van der Waals surface area contributed by atoms with E-state index in [1.165, 1.54) is 5.56 Å². The topological polar surface area (TPSA) is 43.8 Å². The van der Waals surface area contributed by atoms with E-state index in [4.69, 9.17) is 5.73 Å². The van der Waals surface area contributed by atoms with Crippen LogP contribution in [0.2, 0.25) is 0 Å². The third-order valence-electron chi connectivity index (χ3n) is 2.57. The molecule has 0 spiro atoms.